The van der Waals surface area contributed by atoms with Gasteiger partial charge in [0.25, 0.3) is 0 Å². The van der Waals surface area contributed by atoms with E-state index in [1.807, 2.05) is 13.8 Å². The average molecular weight is 201 g/mol. The monoisotopic (exact) mass is 201 g/mol. The number of carboxylic acids is 1. The Kier molecular flexibility index (Phi) is 8.17. The van der Waals surface area contributed by atoms with E-state index in [-0.39, 0.29) is 0 Å². The van der Waals surface area contributed by atoms with Crippen molar-refractivity contribution in [3.63, 3.8) is 0 Å². The molecule has 0 fully saturated rings. The number of rotatable bonds is 8. The lowest BCUT2D eigenvalue weighted by atomic mass is 10.2. The highest BCUT2D eigenvalue weighted by atomic mass is 16.5. The van der Waals surface area contributed by atoms with Crippen LogP contribution in [0.3, 0.4) is 0 Å². The van der Waals surface area contributed by atoms with Gasteiger partial charge in [-0.05, 0) is 13.3 Å². The first kappa shape index (κ1) is 13.1. The molecule has 2 N–H and O–H groups in total. The second-order valence-electron chi connectivity index (χ2n) is 2.79. The van der Waals surface area contributed by atoms with Crippen molar-refractivity contribution in [3.05, 3.63) is 11.6 Å². The quantitative estimate of drug-likeness (QED) is 0.455. The summed E-state index contributed by atoms with van der Waals surface area (Å²) in [4.78, 5) is 10.6. The minimum absolute atomic E-state index is 0.453. The van der Waals surface area contributed by atoms with Crippen LogP contribution in [0.4, 0.5) is 0 Å². The normalized spacial score (nSPS) is 11.7. The molecule has 82 valence electrons. The number of nitrogens with one attached hydrogen (secondary N) is 1. The van der Waals surface area contributed by atoms with E-state index >= 15 is 0 Å². The standard InChI is InChI=1S/C10H19NO3/c1-3-9(10(12)13)5-6-11-7-8-14-4-2/h5,11H,3-4,6-8H2,1-2H3,(H,12,13)/b9-5-. The molecular formula is C10H19NO3. The van der Waals surface area contributed by atoms with Gasteiger partial charge in [-0.2, -0.15) is 0 Å². The van der Waals surface area contributed by atoms with Gasteiger partial charge in [0.15, 0.2) is 0 Å². The van der Waals surface area contributed by atoms with Gasteiger partial charge < -0.3 is 15.2 Å². The number of hydrogen-bond donors (Lipinski definition) is 2. The fraction of sp³-hybridized carbons (Fsp3) is 0.700. The summed E-state index contributed by atoms with van der Waals surface area (Å²) in [7, 11) is 0. The zero-order valence-corrected chi connectivity index (χ0v) is 8.88. The molecule has 0 saturated heterocycles. The first-order valence-corrected chi connectivity index (χ1v) is 4.93. The van der Waals surface area contributed by atoms with Crippen LogP contribution in [0.5, 0.6) is 0 Å². The van der Waals surface area contributed by atoms with Gasteiger partial charge in [0.05, 0.1) is 6.61 Å². The Balaban J connectivity index is 3.53. The summed E-state index contributed by atoms with van der Waals surface area (Å²) >= 11 is 0. The highest BCUT2D eigenvalue weighted by Crippen LogP contribution is 1.98. The van der Waals surface area contributed by atoms with Crippen LogP contribution in [0, 0.1) is 0 Å². The summed E-state index contributed by atoms with van der Waals surface area (Å²) in [5.74, 6) is -0.834. The minimum Gasteiger partial charge on any atom is -0.478 e. The van der Waals surface area contributed by atoms with Gasteiger partial charge in [0.1, 0.15) is 0 Å². The molecule has 4 heteroatoms. The van der Waals surface area contributed by atoms with Gasteiger partial charge in [0, 0.05) is 25.3 Å². The van der Waals surface area contributed by atoms with Gasteiger partial charge >= 0.3 is 5.97 Å². The second kappa shape index (κ2) is 8.72. The zero-order chi connectivity index (χ0) is 10.8. The van der Waals surface area contributed by atoms with Crippen molar-refractivity contribution in [2.45, 2.75) is 20.3 Å². The second-order valence-corrected chi connectivity index (χ2v) is 2.79. The molecule has 14 heavy (non-hydrogen) atoms. The predicted molar refractivity (Wildman–Crippen MR) is 55.4 cm³/mol. The number of ether oxygens (including phenoxy) is 1. The van der Waals surface area contributed by atoms with Crippen LogP contribution in [-0.2, 0) is 9.53 Å². The first-order chi connectivity index (χ1) is 6.72. The number of carboxylic acid groups (broad SMARTS) is 1. The molecule has 0 atom stereocenters. The van der Waals surface area contributed by atoms with Crippen LogP contribution in [0.2, 0.25) is 0 Å². The van der Waals surface area contributed by atoms with E-state index in [1.54, 1.807) is 6.08 Å². The summed E-state index contributed by atoms with van der Waals surface area (Å²) in [6.45, 7) is 6.49. The molecule has 0 amide bonds. The topological polar surface area (TPSA) is 58.6 Å². The van der Waals surface area contributed by atoms with Gasteiger partial charge in [0.2, 0.25) is 0 Å². The Morgan fingerprint density at radius 1 is 1.50 bits per heavy atom. The Hall–Kier alpha value is -0.870. The van der Waals surface area contributed by atoms with Crippen molar-refractivity contribution < 1.29 is 14.6 Å². The van der Waals surface area contributed by atoms with Crippen molar-refractivity contribution >= 4 is 5.97 Å². The Bertz CT molecular complexity index is 190. The fourth-order valence-corrected chi connectivity index (χ4v) is 0.969. The number of carbonyl (C=O) groups is 1. The lowest BCUT2D eigenvalue weighted by Crippen LogP contribution is -2.20. The molecule has 0 bridgehead atoms. The SMILES string of the molecule is CCOCCNC/C=C(/CC)C(=O)O. The highest BCUT2D eigenvalue weighted by molar-refractivity contribution is 5.86. The van der Waals surface area contributed by atoms with Crippen molar-refractivity contribution in [2.24, 2.45) is 0 Å². The third kappa shape index (κ3) is 6.62. The zero-order valence-electron chi connectivity index (χ0n) is 8.88. The van der Waals surface area contributed by atoms with E-state index in [0.717, 1.165) is 6.54 Å². The summed E-state index contributed by atoms with van der Waals surface area (Å²) in [5.41, 5.74) is 0.453. The van der Waals surface area contributed by atoms with E-state index in [0.29, 0.717) is 31.8 Å². The number of aliphatic carboxylic acids is 1. The van der Waals surface area contributed by atoms with Crippen molar-refractivity contribution in [3.8, 4) is 0 Å². The fourth-order valence-electron chi connectivity index (χ4n) is 0.969. The van der Waals surface area contributed by atoms with Gasteiger partial charge in [-0.1, -0.05) is 13.0 Å². The lowest BCUT2D eigenvalue weighted by molar-refractivity contribution is -0.132. The molecule has 0 radical (unpaired) electrons. The maximum absolute atomic E-state index is 10.6. The van der Waals surface area contributed by atoms with E-state index in [2.05, 4.69) is 5.32 Å². The molecule has 0 aromatic carbocycles. The molecule has 0 aliphatic carbocycles. The van der Waals surface area contributed by atoms with Crippen molar-refractivity contribution in [1.29, 1.82) is 0 Å². The molecule has 0 aliphatic rings. The third-order valence-electron chi connectivity index (χ3n) is 1.78. The average Bonchev–Trinajstić information content (AvgIpc) is 2.16. The van der Waals surface area contributed by atoms with Crippen LogP contribution >= 0.6 is 0 Å². The molecule has 0 unspecified atom stereocenters. The molecule has 0 spiro atoms. The van der Waals surface area contributed by atoms with Crippen molar-refractivity contribution in [1.82, 2.24) is 5.32 Å². The minimum atomic E-state index is -0.834. The molecule has 0 heterocycles. The van der Waals surface area contributed by atoms with Crippen molar-refractivity contribution in [2.75, 3.05) is 26.3 Å². The predicted octanol–water partition coefficient (Wildman–Crippen LogP) is 1.03. The van der Waals surface area contributed by atoms with E-state index in [4.69, 9.17) is 9.84 Å². The molecule has 0 aliphatic heterocycles. The third-order valence-corrected chi connectivity index (χ3v) is 1.78. The maximum Gasteiger partial charge on any atom is 0.331 e. The molecule has 0 aromatic rings. The van der Waals surface area contributed by atoms with Gasteiger partial charge in [-0.3, -0.25) is 0 Å². The van der Waals surface area contributed by atoms with Gasteiger partial charge in [-0.25, -0.2) is 4.79 Å². The first-order valence-electron chi connectivity index (χ1n) is 4.93. The van der Waals surface area contributed by atoms with Gasteiger partial charge in [-0.15, -0.1) is 0 Å². The summed E-state index contributed by atoms with van der Waals surface area (Å²) in [6.07, 6.45) is 2.26. The molecule has 0 saturated carbocycles. The van der Waals surface area contributed by atoms with Crippen LogP contribution in [-0.4, -0.2) is 37.4 Å². The largest absolute Gasteiger partial charge is 0.478 e. The van der Waals surface area contributed by atoms with Crippen LogP contribution < -0.4 is 5.32 Å². The van der Waals surface area contributed by atoms with Crippen LogP contribution in [0.1, 0.15) is 20.3 Å². The Morgan fingerprint density at radius 2 is 2.21 bits per heavy atom. The molecule has 4 nitrogen and oxygen atoms in total. The molecule has 0 aromatic heterocycles. The van der Waals surface area contributed by atoms with Crippen LogP contribution in [0.25, 0.3) is 0 Å². The van der Waals surface area contributed by atoms with E-state index in [1.165, 1.54) is 0 Å². The highest BCUT2D eigenvalue weighted by Gasteiger charge is 2.01. The maximum atomic E-state index is 10.6. The Labute approximate surface area is 85.0 Å². The summed E-state index contributed by atoms with van der Waals surface area (Å²) < 4.78 is 5.11. The summed E-state index contributed by atoms with van der Waals surface area (Å²) in [6, 6.07) is 0. The smallest absolute Gasteiger partial charge is 0.331 e. The van der Waals surface area contributed by atoms with Crippen LogP contribution in [0.15, 0.2) is 11.6 Å². The molecule has 0 rings (SSSR count). The van der Waals surface area contributed by atoms with E-state index in [9.17, 15) is 4.79 Å². The van der Waals surface area contributed by atoms with E-state index < -0.39 is 5.97 Å². The Morgan fingerprint density at radius 3 is 2.71 bits per heavy atom. The molecular weight excluding hydrogens is 182 g/mol. The summed E-state index contributed by atoms with van der Waals surface area (Å²) in [5, 5.41) is 11.8. The number of hydrogen-bond acceptors (Lipinski definition) is 3. The lowest BCUT2D eigenvalue weighted by Gasteiger charge is -2.02.